The molecular formula is C29H50N4O5S2Si. The molecule has 9 nitrogen and oxygen atoms in total. The van der Waals surface area contributed by atoms with E-state index < -0.39 is 30.3 Å². The highest BCUT2D eigenvalue weighted by Gasteiger charge is 2.39. The summed E-state index contributed by atoms with van der Waals surface area (Å²) in [6.45, 7) is 18.5. The Bertz CT molecular complexity index is 1270. The van der Waals surface area contributed by atoms with E-state index in [1.165, 1.54) is 17.4 Å². The van der Waals surface area contributed by atoms with Crippen LogP contribution >= 0.6 is 11.3 Å². The zero-order valence-corrected chi connectivity index (χ0v) is 28.7. The normalized spacial score (nSPS) is 20.0. The average Bonchev–Trinajstić information content (AvgIpc) is 3.32. The number of nitrogens with zero attached hydrogens (tertiary/aromatic N) is 1. The number of nitrogens with one attached hydrogen (secondary N) is 2. The van der Waals surface area contributed by atoms with E-state index in [1.807, 2.05) is 27.7 Å². The van der Waals surface area contributed by atoms with Crippen molar-refractivity contribution in [2.45, 2.75) is 127 Å². The van der Waals surface area contributed by atoms with Crippen LogP contribution in [0.4, 0.5) is 5.69 Å². The molecule has 0 radical (unpaired) electrons. The van der Waals surface area contributed by atoms with Crippen LogP contribution in [0.5, 0.6) is 0 Å². The molecule has 1 atom stereocenters. The van der Waals surface area contributed by atoms with E-state index in [-0.39, 0.29) is 34.6 Å². The minimum atomic E-state index is -3.93. The summed E-state index contributed by atoms with van der Waals surface area (Å²) in [5, 5.41) is 14.2. The summed E-state index contributed by atoms with van der Waals surface area (Å²) in [5.74, 6) is 0.286. The van der Waals surface area contributed by atoms with Crippen molar-refractivity contribution >= 4 is 35.4 Å². The standard InChI is InChI=1S/C29H50N4O5S2Si/c1-19(2)38-27(34)32-22-13-10-20(11-14-22)26-31-17-24(39-26)23-15-12-21(30)16-25(23)40(35,36)33-29(6,7)18-37-41(8,9)28(3,4)5/h12,15-17,19-20,22,27,32-34H,10-11,13-14,18,30H2,1-9H3. The number of aromatic nitrogens is 1. The average molecular weight is 627 g/mol. The fourth-order valence-corrected chi connectivity index (χ4v) is 8.60. The number of thiazole rings is 1. The monoisotopic (exact) mass is 626 g/mol. The van der Waals surface area contributed by atoms with Crippen molar-refractivity contribution in [3.8, 4) is 10.4 Å². The molecule has 232 valence electrons. The molecule has 0 spiro atoms. The van der Waals surface area contributed by atoms with Gasteiger partial charge in [-0.15, -0.1) is 11.3 Å². The zero-order chi connectivity index (χ0) is 30.8. The largest absolute Gasteiger partial charge is 0.415 e. The molecule has 3 rings (SSSR count). The Hall–Kier alpha value is -1.38. The molecule has 5 N–H and O–H groups in total. The fourth-order valence-electron chi connectivity index (χ4n) is 4.60. The highest BCUT2D eigenvalue weighted by Crippen LogP contribution is 2.40. The second-order valence-electron chi connectivity index (χ2n) is 13.6. The number of ether oxygens (including phenoxy) is 1. The predicted octanol–water partition coefficient (Wildman–Crippen LogP) is 5.79. The Morgan fingerprint density at radius 3 is 2.37 bits per heavy atom. The molecule has 0 aliphatic heterocycles. The van der Waals surface area contributed by atoms with Crippen molar-refractivity contribution in [3.63, 3.8) is 0 Å². The van der Waals surface area contributed by atoms with Gasteiger partial charge in [-0.1, -0.05) is 26.8 Å². The first-order valence-electron chi connectivity index (χ1n) is 14.4. The van der Waals surface area contributed by atoms with Crippen LogP contribution in [0.25, 0.3) is 10.4 Å². The lowest BCUT2D eigenvalue weighted by Crippen LogP contribution is -2.51. The Morgan fingerprint density at radius 1 is 1.15 bits per heavy atom. The van der Waals surface area contributed by atoms with Gasteiger partial charge in [0.1, 0.15) is 0 Å². The summed E-state index contributed by atoms with van der Waals surface area (Å²) >= 11 is 1.53. The Morgan fingerprint density at radius 2 is 1.78 bits per heavy atom. The van der Waals surface area contributed by atoms with Gasteiger partial charge in [0.05, 0.1) is 27.5 Å². The van der Waals surface area contributed by atoms with Gasteiger partial charge in [0.15, 0.2) is 8.32 Å². The molecule has 0 amide bonds. The number of nitrogen functional groups attached to an aromatic ring is 1. The fraction of sp³-hybridized carbons (Fsp3) is 0.690. The minimum Gasteiger partial charge on any atom is -0.415 e. The highest BCUT2D eigenvalue weighted by molar-refractivity contribution is 7.89. The number of aliphatic hydroxyl groups is 1. The van der Waals surface area contributed by atoms with Crippen LogP contribution in [-0.2, 0) is 19.2 Å². The molecule has 1 heterocycles. The van der Waals surface area contributed by atoms with Gasteiger partial charge in [0.25, 0.3) is 0 Å². The third-order valence-electron chi connectivity index (χ3n) is 7.95. The van der Waals surface area contributed by atoms with Crippen LogP contribution in [0.1, 0.15) is 85.1 Å². The van der Waals surface area contributed by atoms with Crippen LogP contribution in [-0.4, -0.2) is 57.5 Å². The molecule has 1 aromatic carbocycles. The zero-order valence-electron chi connectivity index (χ0n) is 26.1. The molecule has 1 aliphatic rings. The molecule has 41 heavy (non-hydrogen) atoms. The van der Waals surface area contributed by atoms with Gasteiger partial charge in [-0.2, -0.15) is 0 Å². The molecule has 1 aliphatic carbocycles. The van der Waals surface area contributed by atoms with Crippen molar-refractivity contribution in [3.05, 3.63) is 29.4 Å². The highest BCUT2D eigenvalue weighted by atomic mass is 32.2. The number of nitrogens with two attached hydrogens (primary N) is 1. The maximum absolute atomic E-state index is 13.8. The third-order valence-corrected chi connectivity index (χ3v) is 15.4. The lowest BCUT2D eigenvalue weighted by atomic mass is 9.86. The summed E-state index contributed by atoms with van der Waals surface area (Å²) in [6, 6.07) is 5.18. The van der Waals surface area contributed by atoms with Crippen LogP contribution < -0.4 is 15.8 Å². The summed E-state index contributed by atoms with van der Waals surface area (Å²) in [4.78, 5) is 5.63. The lowest BCUT2D eigenvalue weighted by molar-refractivity contribution is -0.150. The van der Waals surface area contributed by atoms with E-state index in [0.717, 1.165) is 35.6 Å². The maximum atomic E-state index is 13.8. The van der Waals surface area contributed by atoms with Gasteiger partial charge in [-0.05, 0) is 83.6 Å². The molecule has 1 saturated carbocycles. The van der Waals surface area contributed by atoms with E-state index in [4.69, 9.17) is 19.9 Å². The predicted molar refractivity (Wildman–Crippen MR) is 170 cm³/mol. The number of rotatable bonds is 12. The van der Waals surface area contributed by atoms with Gasteiger partial charge in [-0.3, -0.25) is 5.32 Å². The molecule has 0 saturated heterocycles. The Labute approximate surface area is 251 Å². The number of hydrogen-bond donors (Lipinski definition) is 4. The first kappa shape index (κ1) is 34.1. The SMILES string of the molecule is CC(C)OC(O)NC1CCC(c2ncc(-c3ccc(N)cc3S(=O)(=O)NC(C)(C)CO[Si](C)(C)C(C)(C)C)s2)CC1. The molecule has 0 bridgehead atoms. The molecule has 2 aromatic rings. The van der Waals surface area contributed by atoms with Crippen molar-refractivity contribution in [1.29, 1.82) is 0 Å². The maximum Gasteiger partial charge on any atom is 0.241 e. The number of anilines is 1. The minimum absolute atomic E-state index is 0.0199. The molecule has 12 heteroatoms. The van der Waals surface area contributed by atoms with Gasteiger partial charge in [0.2, 0.25) is 16.4 Å². The summed E-state index contributed by atoms with van der Waals surface area (Å²) in [5.41, 5.74) is 6.21. The van der Waals surface area contributed by atoms with Crippen molar-refractivity contribution in [1.82, 2.24) is 15.0 Å². The number of benzene rings is 1. The van der Waals surface area contributed by atoms with E-state index in [9.17, 15) is 13.5 Å². The topological polar surface area (TPSA) is 136 Å². The molecular weight excluding hydrogens is 577 g/mol. The Kier molecular flexibility index (Phi) is 10.9. The van der Waals surface area contributed by atoms with E-state index in [1.54, 1.807) is 18.3 Å². The van der Waals surface area contributed by atoms with Crippen molar-refractivity contribution < 1.29 is 22.7 Å². The van der Waals surface area contributed by atoms with Gasteiger partial charge < -0.3 is 20.0 Å². The molecule has 1 unspecified atom stereocenters. The second-order valence-corrected chi connectivity index (χ2v) is 21.1. The summed E-state index contributed by atoms with van der Waals surface area (Å²) < 4.78 is 42.1. The molecule has 1 fully saturated rings. The van der Waals surface area contributed by atoms with Crippen LogP contribution in [0, 0.1) is 0 Å². The summed E-state index contributed by atoms with van der Waals surface area (Å²) in [7, 11) is -5.98. The van der Waals surface area contributed by atoms with Crippen LogP contribution in [0.2, 0.25) is 18.1 Å². The third kappa shape index (κ3) is 9.30. The van der Waals surface area contributed by atoms with Crippen LogP contribution in [0.3, 0.4) is 0 Å². The molecule has 1 aromatic heterocycles. The van der Waals surface area contributed by atoms with Gasteiger partial charge >= 0.3 is 0 Å². The van der Waals surface area contributed by atoms with Crippen molar-refractivity contribution in [2.24, 2.45) is 0 Å². The first-order chi connectivity index (χ1) is 18.8. The van der Waals surface area contributed by atoms with Gasteiger partial charge in [0, 0.05) is 34.9 Å². The number of sulfonamides is 1. The Balaban J connectivity index is 1.74. The van der Waals surface area contributed by atoms with Gasteiger partial charge in [-0.25, -0.2) is 18.1 Å². The summed E-state index contributed by atoms with van der Waals surface area (Å²) in [6.07, 6.45) is 4.39. The van der Waals surface area contributed by atoms with E-state index in [0.29, 0.717) is 11.3 Å². The quantitative estimate of drug-likeness (QED) is 0.132. The number of aliphatic hydroxyl groups excluding tert-OH is 1. The van der Waals surface area contributed by atoms with Crippen molar-refractivity contribution in [2.75, 3.05) is 12.3 Å². The van der Waals surface area contributed by atoms with Crippen LogP contribution in [0.15, 0.2) is 29.3 Å². The van der Waals surface area contributed by atoms with E-state index in [2.05, 4.69) is 43.9 Å². The smallest absolute Gasteiger partial charge is 0.241 e. The van der Waals surface area contributed by atoms with E-state index >= 15 is 0 Å². The second kappa shape index (κ2) is 13.1. The number of hydrogen-bond acceptors (Lipinski definition) is 9. The first-order valence-corrected chi connectivity index (χ1v) is 19.6. The lowest BCUT2D eigenvalue weighted by Gasteiger charge is -2.39.